The van der Waals surface area contributed by atoms with Gasteiger partial charge in [0.2, 0.25) is 0 Å². The molecule has 1 rings (SSSR count). The van der Waals surface area contributed by atoms with Crippen LogP contribution in [-0.2, 0) is 4.74 Å². The van der Waals surface area contributed by atoms with Gasteiger partial charge in [-0.3, -0.25) is 0 Å². The molecule has 0 atom stereocenters. The van der Waals surface area contributed by atoms with Crippen molar-refractivity contribution in [3.8, 4) is 0 Å². The van der Waals surface area contributed by atoms with E-state index >= 15 is 0 Å². The second-order valence-electron chi connectivity index (χ2n) is 4.37. The van der Waals surface area contributed by atoms with Gasteiger partial charge < -0.3 is 4.74 Å². The molecule has 0 aliphatic carbocycles. The zero-order valence-corrected chi connectivity index (χ0v) is 9.89. The first-order valence-corrected chi connectivity index (χ1v) is 5.46. The zero-order valence-electron chi connectivity index (χ0n) is 9.89. The Morgan fingerprint density at radius 1 is 0.923 bits per heavy atom. The van der Waals surface area contributed by atoms with Crippen LogP contribution in [0.15, 0.2) is 0 Å². The van der Waals surface area contributed by atoms with Gasteiger partial charge in [-0.25, -0.2) is 0 Å². The van der Waals surface area contributed by atoms with Crippen LogP contribution in [-0.4, -0.2) is 13.2 Å². The molecule has 1 aliphatic rings. The summed E-state index contributed by atoms with van der Waals surface area (Å²) in [7, 11) is 0. The molecule has 0 aromatic heterocycles. The van der Waals surface area contributed by atoms with E-state index in [2.05, 4.69) is 34.6 Å². The van der Waals surface area contributed by atoms with Gasteiger partial charge in [0.05, 0.1) is 0 Å². The Morgan fingerprint density at radius 3 is 1.38 bits per heavy atom. The van der Waals surface area contributed by atoms with Crippen molar-refractivity contribution in [1.29, 1.82) is 0 Å². The van der Waals surface area contributed by atoms with Crippen molar-refractivity contribution in [3.63, 3.8) is 0 Å². The molecule has 0 amide bonds. The Labute approximate surface area is 83.9 Å². The number of hydrogen-bond acceptors (Lipinski definition) is 1. The normalized spacial score (nSPS) is 16.6. The van der Waals surface area contributed by atoms with Crippen LogP contribution in [0.2, 0.25) is 0 Å². The molecule has 1 heteroatoms. The summed E-state index contributed by atoms with van der Waals surface area (Å²) in [5.41, 5.74) is 0. The average Bonchev–Trinajstić information content (AvgIpc) is 2.59. The maximum absolute atomic E-state index is 4.94. The molecule has 0 bridgehead atoms. The summed E-state index contributed by atoms with van der Waals surface area (Å²) in [5.74, 6) is 3.12. The van der Waals surface area contributed by atoms with E-state index in [4.69, 9.17) is 4.74 Å². The van der Waals surface area contributed by atoms with E-state index < -0.39 is 0 Å². The third-order valence-corrected chi connectivity index (χ3v) is 2.65. The van der Waals surface area contributed by atoms with E-state index in [9.17, 15) is 0 Å². The molecule has 1 radical (unpaired) electrons. The summed E-state index contributed by atoms with van der Waals surface area (Å²) >= 11 is 0. The highest BCUT2D eigenvalue weighted by molar-refractivity contribution is 4.90. The Bertz CT molecular complexity index is 88.1. The summed E-state index contributed by atoms with van der Waals surface area (Å²) in [6.07, 6.45) is 2.56. The van der Waals surface area contributed by atoms with Gasteiger partial charge in [0.25, 0.3) is 0 Å². The first-order chi connectivity index (χ1) is 6.05. The van der Waals surface area contributed by atoms with Crippen LogP contribution >= 0.6 is 0 Å². The zero-order chi connectivity index (χ0) is 10.3. The van der Waals surface area contributed by atoms with Gasteiger partial charge in [-0.1, -0.05) is 34.6 Å². The Balaban J connectivity index is 0.000000243. The lowest BCUT2D eigenvalue weighted by Gasteiger charge is -2.17. The largest absolute Gasteiger partial charge is 0.381 e. The van der Waals surface area contributed by atoms with Crippen molar-refractivity contribution in [3.05, 3.63) is 5.92 Å². The number of hydrogen-bond donors (Lipinski definition) is 0. The average molecular weight is 185 g/mol. The summed E-state index contributed by atoms with van der Waals surface area (Å²) in [6.45, 7) is 13.2. The Hall–Kier alpha value is -0.0400. The number of ether oxygens (including phenoxy) is 1. The molecular formula is C12H25O. The van der Waals surface area contributed by atoms with Gasteiger partial charge in [0.1, 0.15) is 0 Å². The molecule has 0 unspecified atom stereocenters. The van der Waals surface area contributed by atoms with Crippen molar-refractivity contribution in [2.75, 3.05) is 13.2 Å². The van der Waals surface area contributed by atoms with Crippen LogP contribution in [0.5, 0.6) is 0 Å². The first kappa shape index (κ1) is 13.0. The summed E-state index contributed by atoms with van der Waals surface area (Å²) < 4.78 is 4.94. The van der Waals surface area contributed by atoms with Gasteiger partial charge in [-0.2, -0.15) is 0 Å². The van der Waals surface area contributed by atoms with Crippen molar-refractivity contribution in [1.82, 2.24) is 0 Å². The van der Waals surface area contributed by atoms with Crippen LogP contribution in [0, 0.1) is 17.8 Å². The van der Waals surface area contributed by atoms with E-state index in [1.807, 2.05) is 0 Å². The van der Waals surface area contributed by atoms with Crippen molar-refractivity contribution < 1.29 is 4.74 Å². The highest BCUT2D eigenvalue weighted by atomic mass is 16.5. The SMILES string of the molecule is C1CCOC1.C[C](C(C)C)C(C)C. The van der Waals surface area contributed by atoms with Crippen LogP contribution in [0.3, 0.4) is 0 Å². The minimum Gasteiger partial charge on any atom is -0.381 e. The Morgan fingerprint density at radius 2 is 1.31 bits per heavy atom. The predicted molar refractivity (Wildman–Crippen MR) is 58.6 cm³/mol. The maximum atomic E-state index is 4.94. The van der Waals surface area contributed by atoms with Crippen LogP contribution in [0.4, 0.5) is 0 Å². The van der Waals surface area contributed by atoms with Gasteiger partial charge in [0.15, 0.2) is 0 Å². The molecule has 0 N–H and O–H groups in total. The standard InChI is InChI=1S/C8H17.C4H8O/c1-6(2)8(5)7(3)4;1-2-4-5-3-1/h6-7H,1-5H3;1-4H2. The van der Waals surface area contributed by atoms with Gasteiger partial charge in [-0.05, 0) is 30.6 Å². The highest BCUT2D eigenvalue weighted by Crippen LogP contribution is 2.20. The lowest BCUT2D eigenvalue weighted by Crippen LogP contribution is -2.07. The maximum Gasteiger partial charge on any atom is 0.0466 e. The van der Waals surface area contributed by atoms with E-state index in [-0.39, 0.29) is 0 Å². The second kappa shape index (κ2) is 7.37. The van der Waals surface area contributed by atoms with Crippen molar-refractivity contribution in [2.24, 2.45) is 11.8 Å². The third kappa shape index (κ3) is 7.06. The fraction of sp³-hybridized carbons (Fsp3) is 0.917. The van der Waals surface area contributed by atoms with Crippen LogP contribution in [0.25, 0.3) is 0 Å². The molecular weight excluding hydrogens is 160 g/mol. The molecule has 0 aromatic rings. The quantitative estimate of drug-likeness (QED) is 0.637. The minimum absolute atomic E-state index is 0.759. The molecule has 1 heterocycles. The molecule has 13 heavy (non-hydrogen) atoms. The summed E-state index contributed by atoms with van der Waals surface area (Å²) in [4.78, 5) is 0. The van der Waals surface area contributed by atoms with E-state index in [1.54, 1.807) is 5.92 Å². The van der Waals surface area contributed by atoms with Crippen LogP contribution < -0.4 is 0 Å². The topological polar surface area (TPSA) is 9.23 Å². The molecule has 1 nitrogen and oxygen atoms in total. The van der Waals surface area contributed by atoms with Crippen molar-refractivity contribution in [2.45, 2.75) is 47.5 Å². The smallest absolute Gasteiger partial charge is 0.0466 e. The predicted octanol–water partition coefficient (Wildman–Crippen LogP) is 3.69. The second-order valence-corrected chi connectivity index (χ2v) is 4.37. The van der Waals surface area contributed by atoms with Crippen LogP contribution in [0.1, 0.15) is 47.5 Å². The molecule has 1 fully saturated rings. The van der Waals surface area contributed by atoms with Gasteiger partial charge in [0, 0.05) is 13.2 Å². The van der Waals surface area contributed by atoms with E-state index in [0.717, 1.165) is 25.0 Å². The number of rotatable bonds is 2. The molecule has 1 saturated heterocycles. The highest BCUT2D eigenvalue weighted by Gasteiger charge is 2.10. The lowest BCUT2D eigenvalue weighted by molar-refractivity contribution is 0.198. The minimum atomic E-state index is 0.759. The van der Waals surface area contributed by atoms with Gasteiger partial charge in [-0.15, -0.1) is 0 Å². The molecule has 1 aliphatic heterocycles. The van der Waals surface area contributed by atoms with E-state index in [1.165, 1.54) is 12.8 Å². The molecule has 0 saturated carbocycles. The van der Waals surface area contributed by atoms with Gasteiger partial charge >= 0.3 is 0 Å². The summed E-state index contributed by atoms with van der Waals surface area (Å²) in [6, 6.07) is 0. The third-order valence-electron chi connectivity index (χ3n) is 2.65. The van der Waals surface area contributed by atoms with E-state index in [0.29, 0.717) is 0 Å². The molecule has 0 aromatic carbocycles. The summed E-state index contributed by atoms with van der Waals surface area (Å²) in [5, 5.41) is 0. The Kier molecular flexibility index (Phi) is 7.35. The fourth-order valence-electron chi connectivity index (χ4n) is 1.18. The van der Waals surface area contributed by atoms with Crippen molar-refractivity contribution >= 4 is 0 Å². The lowest BCUT2D eigenvalue weighted by atomic mass is 9.88. The fourth-order valence-corrected chi connectivity index (χ4v) is 1.18. The monoisotopic (exact) mass is 185 g/mol. The molecule has 79 valence electrons. The molecule has 0 spiro atoms. The first-order valence-electron chi connectivity index (χ1n) is 5.46.